The molecule has 1 aliphatic rings. The number of nitrogens with two attached hydrogens (primary N) is 1. The summed E-state index contributed by atoms with van der Waals surface area (Å²) in [5.41, 5.74) is 5.09. The number of nitrogens with zero attached hydrogens (tertiary/aromatic N) is 4. The molecule has 4 N–H and O–H groups in total. The molecular formula is C13H22N6O. The average Bonchev–Trinajstić information content (AvgIpc) is 2.38. The van der Waals surface area contributed by atoms with E-state index in [1.165, 1.54) is 6.20 Å². The summed E-state index contributed by atoms with van der Waals surface area (Å²) in [5, 5.41) is 17.1. The predicted molar refractivity (Wildman–Crippen MR) is 78.0 cm³/mol. The Kier molecular flexibility index (Phi) is 4.20. The smallest absolute Gasteiger partial charge is 0.147 e. The van der Waals surface area contributed by atoms with Crippen molar-refractivity contribution < 1.29 is 5.11 Å². The minimum atomic E-state index is -0.662. The molecule has 1 aromatic rings. The third kappa shape index (κ3) is 3.88. The number of nitrogens with one attached hydrogen (secondary N) is 1. The van der Waals surface area contributed by atoms with Gasteiger partial charge < -0.3 is 15.7 Å². The maximum absolute atomic E-state index is 9.83. The number of hydrogen-bond acceptors (Lipinski definition) is 6. The van der Waals surface area contributed by atoms with Crippen LogP contribution in [0, 0.1) is 5.41 Å². The lowest BCUT2D eigenvalue weighted by atomic mass is 10.1. The van der Waals surface area contributed by atoms with Crippen LogP contribution in [-0.4, -0.2) is 64.1 Å². The van der Waals surface area contributed by atoms with Crippen molar-refractivity contribution in [2.75, 3.05) is 37.6 Å². The molecule has 0 aromatic carbocycles. The van der Waals surface area contributed by atoms with Crippen molar-refractivity contribution in [1.29, 1.82) is 5.41 Å². The second-order valence-corrected chi connectivity index (χ2v) is 5.75. The van der Waals surface area contributed by atoms with E-state index in [1.54, 1.807) is 6.20 Å². The van der Waals surface area contributed by atoms with Gasteiger partial charge in [-0.25, -0.2) is 9.97 Å². The lowest BCUT2D eigenvalue weighted by Gasteiger charge is -2.37. The summed E-state index contributed by atoms with van der Waals surface area (Å²) in [6, 6.07) is 0. The Morgan fingerprint density at radius 3 is 2.40 bits per heavy atom. The largest absolute Gasteiger partial charge is 0.389 e. The van der Waals surface area contributed by atoms with Crippen molar-refractivity contribution in [2.24, 2.45) is 5.73 Å². The summed E-state index contributed by atoms with van der Waals surface area (Å²) in [4.78, 5) is 12.8. The van der Waals surface area contributed by atoms with Gasteiger partial charge in [0.2, 0.25) is 0 Å². The summed E-state index contributed by atoms with van der Waals surface area (Å²) in [6.45, 7) is 7.81. The zero-order valence-electron chi connectivity index (χ0n) is 12.0. The Labute approximate surface area is 118 Å². The Morgan fingerprint density at radius 2 is 1.95 bits per heavy atom. The number of aromatic nitrogens is 2. The van der Waals surface area contributed by atoms with Gasteiger partial charge in [-0.1, -0.05) is 0 Å². The fraction of sp³-hybridized carbons (Fsp3) is 0.615. The van der Waals surface area contributed by atoms with Crippen LogP contribution in [0.25, 0.3) is 0 Å². The van der Waals surface area contributed by atoms with E-state index < -0.39 is 5.60 Å². The van der Waals surface area contributed by atoms with Gasteiger partial charge in [-0.2, -0.15) is 0 Å². The number of amidine groups is 1. The number of nitrogen functional groups attached to an aromatic ring is 1. The second-order valence-electron chi connectivity index (χ2n) is 5.75. The lowest BCUT2D eigenvalue weighted by molar-refractivity contribution is 0.0344. The van der Waals surface area contributed by atoms with E-state index >= 15 is 0 Å². The lowest BCUT2D eigenvalue weighted by Crippen LogP contribution is -2.50. The summed E-state index contributed by atoms with van der Waals surface area (Å²) in [6.07, 6.45) is 3.18. The van der Waals surface area contributed by atoms with Crippen molar-refractivity contribution >= 4 is 11.7 Å². The minimum Gasteiger partial charge on any atom is -0.389 e. The molecule has 1 fully saturated rings. The van der Waals surface area contributed by atoms with E-state index in [2.05, 4.69) is 19.8 Å². The first-order chi connectivity index (χ1) is 9.35. The molecule has 0 unspecified atom stereocenters. The third-order valence-corrected chi connectivity index (χ3v) is 3.22. The molecule has 7 heteroatoms. The highest BCUT2D eigenvalue weighted by molar-refractivity contribution is 5.92. The first kappa shape index (κ1) is 14.7. The Hall–Kier alpha value is -1.73. The Balaban J connectivity index is 1.92. The SMILES string of the molecule is CC(C)(O)CN1CCN(c2cnc(C(=N)N)cn2)CC1. The van der Waals surface area contributed by atoms with Gasteiger partial charge in [0.1, 0.15) is 17.3 Å². The second kappa shape index (κ2) is 5.72. The molecule has 0 radical (unpaired) electrons. The van der Waals surface area contributed by atoms with Gasteiger partial charge in [-0.15, -0.1) is 0 Å². The molecule has 7 nitrogen and oxygen atoms in total. The predicted octanol–water partition coefficient (Wildman–Crippen LogP) is -0.346. The van der Waals surface area contributed by atoms with Gasteiger partial charge in [0.25, 0.3) is 0 Å². The van der Waals surface area contributed by atoms with Gasteiger partial charge in [0, 0.05) is 32.7 Å². The van der Waals surface area contributed by atoms with Gasteiger partial charge in [-0.3, -0.25) is 10.3 Å². The first-order valence-electron chi connectivity index (χ1n) is 6.71. The van der Waals surface area contributed by atoms with Crippen LogP contribution in [0.2, 0.25) is 0 Å². The average molecular weight is 278 g/mol. The minimum absolute atomic E-state index is 0.0703. The van der Waals surface area contributed by atoms with Gasteiger partial charge in [0.15, 0.2) is 0 Å². The fourth-order valence-electron chi connectivity index (χ4n) is 2.31. The molecule has 0 bridgehead atoms. The highest BCUT2D eigenvalue weighted by Crippen LogP contribution is 2.14. The standard InChI is InChI=1S/C13H22N6O/c1-13(2,20)9-18-3-5-19(6-4-18)11-8-16-10(7-17-11)12(14)15/h7-8,20H,3-6,9H2,1-2H3,(H3,14,15). The van der Waals surface area contributed by atoms with Crippen molar-refractivity contribution in [3.8, 4) is 0 Å². The van der Waals surface area contributed by atoms with Crippen LogP contribution in [0.3, 0.4) is 0 Å². The van der Waals surface area contributed by atoms with E-state index in [0.717, 1.165) is 32.0 Å². The highest BCUT2D eigenvalue weighted by atomic mass is 16.3. The van der Waals surface area contributed by atoms with E-state index in [9.17, 15) is 5.11 Å². The summed E-state index contributed by atoms with van der Waals surface area (Å²) in [5.74, 6) is 0.733. The van der Waals surface area contributed by atoms with Crippen LogP contribution < -0.4 is 10.6 Å². The normalized spacial score (nSPS) is 17.2. The highest BCUT2D eigenvalue weighted by Gasteiger charge is 2.23. The molecule has 0 aliphatic carbocycles. The van der Waals surface area contributed by atoms with Crippen molar-refractivity contribution in [3.63, 3.8) is 0 Å². The number of β-amino-alcohol motifs (C(OH)–C–C–N with tert-alkyl or cyclic N) is 1. The van der Waals surface area contributed by atoms with E-state index in [1.807, 2.05) is 13.8 Å². The van der Waals surface area contributed by atoms with E-state index in [-0.39, 0.29) is 5.84 Å². The Bertz CT molecular complexity index is 459. The molecule has 2 rings (SSSR count). The molecule has 0 atom stereocenters. The number of piperazine rings is 1. The molecule has 110 valence electrons. The fourth-order valence-corrected chi connectivity index (χ4v) is 2.31. The molecule has 1 aliphatic heterocycles. The van der Waals surface area contributed by atoms with Gasteiger partial charge >= 0.3 is 0 Å². The van der Waals surface area contributed by atoms with Gasteiger partial charge in [-0.05, 0) is 13.8 Å². The van der Waals surface area contributed by atoms with Crippen molar-refractivity contribution in [3.05, 3.63) is 18.1 Å². The van der Waals surface area contributed by atoms with Crippen LogP contribution in [0.4, 0.5) is 5.82 Å². The number of rotatable bonds is 4. The molecule has 1 saturated heterocycles. The molecule has 20 heavy (non-hydrogen) atoms. The summed E-state index contributed by atoms with van der Waals surface area (Å²) >= 11 is 0. The topological polar surface area (TPSA) is 102 Å². The van der Waals surface area contributed by atoms with Crippen molar-refractivity contribution in [2.45, 2.75) is 19.4 Å². The third-order valence-electron chi connectivity index (χ3n) is 3.22. The van der Waals surface area contributed by atoms with E-state index in [4.69, 9.17) is 11.1 Å². The molecule has 0 saturated carbocycles. The maximum Gasteiger partial charge on any atom is 0.147 e. The maximum atomic E-state index is 9.83. The summed E-state index contributed by atoms with van der Waals surface area (Å²) in [7, 11) is 0. The van der Waals surface area contributed by atoms with Crippen molar-refractivity contribution in [1.82, 2.24) is 14.9 Å². The first-order valence-corrected chi connectivity index (χ1v) is 6.71. The monoisotopic (exact) mass is 278 g/mol. The molecule has 0 amide bonds. The number of anilines is 1. The zero-order chi connectivity index (χ0) is 14.8. The molecule has 1 aromatic heterocycles. The van der Waals surface area contributed by atoms with Crippen LogP contribution in [0.15, 0.2) is 12.4 Å². The van der Waals surface area contributed by atoms with Crippen LogP contribution in [-0.2, 0) is 0 Å². The Morgan fingerprint density at radius 1 is 1.30 bits per heavy atom. The number of aliphatic hydroxyl groups is 1. The molecular weight excluding hydrogens is 256 g/mol. The van der Waals surface area contributed by atoms with Crippen LogP contribution in [0.5, 0.6) is 0 Å². The van der Waals surface area contributed by atoms with Crippen LogP contribution in [0.1, 0.15) is 19.5 Å². The van der Waals surface area contributed by atoms with E-state index in [0.29, 0.717) is 12.2 Å². The zero-order valence-corrected chi connectivity index (χ0v) is 12.0. The quantitative estimate of drug-likeness (QED) is 0.514. The molecule has 0 spiro atoms. The molecule has 2 heterocycles. The van der Waals surface area contributed by atoms with Crippen LogP contribution >= 0.6 is 0 Å². The number of hydrogen-bond donors (Lipinski definition) is 3. The van der Waals surface area contributed by atoms with Gasteiger partial charge in [0.05, 0.1) is 18.0 Å². The summed E-state index contributed by atoms with van der Waals surface area (Å²) < 4.78 is 0.